The highest BCUT2D eigenvalue weighted by molar-refractivity contribution is 8.00. The van der Waals surface area contributed by atoms with Gasteiger partial charge in [0.2, 0.25) is 0 Å². The van der Waals surface area contributed by atoms with Gasteiger partial charge in [-0.15, -0.1) is 11.8 Å². The highest BCUT2D eigenvalue weighted by Crippen LogP contribution is 2.39. The summed E-state index contributed by atoms with van der Waals surface area (Å²) in [5, 5.41) is 13.2. The van der Waals surface area contributed by atoms with Crippen molar-refractivity contribution in [3.63, 3.8) is 0 Å². The van der Waals surface area contributed by atoms with Crippen LogP contribution in [0.15, 0.2) is 23.1 Å². The van der Waals surface area contributed by atoms with E-state index in [0.717, 1.165) is 13.0 Å². The monoisotopic (exact) mass is 209 g/mol. The Morgan fingerprint density at radius 3 is 3.21 bits per heavy atom. The van der Waals surface area contributed by atoms with E-state index in [2.05, 4.69) is 5.32 Å². The van der Waals surface area contributed by atoms with Gasteiger partial charge in [-0.05, 0) is 50.2 Å². The molecular formula is C11H15NOS. The summed E-state index contributed by atoms with van der Waals surface area (Å²) in [6, 6.07) is 5.68. The average Bonchev–Trinajstić information content (AvgIpc) is 2.56. The predicted octanol–water partition coefficient (Wildman–Crippen LogP) is 2.02. The molecule has 1 aliphatic heterocycles. The lowest BCUT2D eigenvalue weighted by atomic mass is 10.1. The molecule has 1 aromatic carbocycles. The van der Waals surface area contributed by atoms with Crippen LogP contribution in [0.25, 0.3) is 0 Å². The summed E-state index contributed by atoms with van der Waals surface area (Å²) >= 11 is 1.93. The van der Waals surface area contributed by atoms with E-state index in [-0.39, 0.29) is 0 Å². The van der Waals surface area contributed by atoms with E-state index in [1.54, 1.807) is 6.07 Å². The number of nitrogens with one attached hydrogen (secondary N) is 1. The molecule has 14 heavy (non-hydrogen) atoms. The summed E-state index contributed by atoms with van der Waals surface area (Å²) in [5.74, 6) is 0.388. The molecule has 1 aliphatic rings. The zero-order chi connectivity index (χ0) is 9.97. The summed E-state index contributed by atoms with van der Waals surface area (Å²) in [6.45, 7) is 1.07. The van der Waals surface area contributed by atoms with E-state index in [9.17, 15) is 5.11 Å². The molecule has 76 valence electrons. The van der Waals surface area contributed by atoms with Crippen LogP contribution < -0.4 is 5.32 Å². The number of fused-ring (bicyclic) bond motifs is 1. The normalized spacial score (nSPS) is 19.6. The molecule has 1 aromatic rings. The van der Waals surface area contributed by atoms with E-state index in [0.29, 0.717) is 11.0 Å². The Kier molecular flexibility index (Phi) is 2.99. The largest absolute Gasteiger partial charge is 0.508 e. The van der Waals surface area contributed by atoms with Crippen LogP contribution in [0.2, 0.25) is 0 Å². The van der Waals surface area contributed by atoms with Gasteiger partial charge < -0.3 is 10.4 Å². The van der Waals surface area contributed by atoms with Gasteiger partial charge in [0.15, 0.2) is 0 Å². The molecule has 0 bridgehead atoms. The number of hydrogen-bond acceptors (Lipinski definition) is 3. The Hall–Kier alpha value is -0.670. The van der Waals surface area contributed by atoms with Crippen molar-refractivity contribution in [3.05, 3.63) is 23.8 Å². The maximum absolute atomic E-state index is 9.34. The van der Waals surface area contributed by atoms with Gasteiger partial charge in [-0.25, -0.2) is 0 Å². The first-order chi connectivity index (χ1) is 6.79. The molecule has 0 saturated carbocycles. The highest BCUT2D eigenvalue weighted by Gasteiger charge is 2.21. The topological polar surface area (TPSA) is 32.3 Å². The second-order valence-electron chi connectivity index (χ2n) is 3.63. The summed E-state index contributed by atoms with van der Waals surface area (Å²) in [5.41, 5.74) is 1.30. The van der Waals surface area contributed by atoms with Crippen LogP contribution in [0.3, 0.4) is 0 Å². The van der Waals surface area contributed by atoms with Gasteiger partial charge in [0, 0.05) is 10.1 Å². The minimum Gasteiger partial charge on any atom is -0.508 e. The number of phenolic OH excluding ortho intramolecular Hbond substituents is 1. The number of thioether (sulfide) groups is 1. The second-order valence-corrected chi connectivity index (χ2v) is 4.97. The minimum atomic E-state index is 0.388. The van der Waals surface area contributed by atoms with Crippen molar-refractivity contribution >= 4 is 11.8 Å². The molecule has 0 saturated heterocycles. The molecule has 0 aromatic heterocycles. The van der Waals surface area contributed by atoms with Crippen molar-refractivity contribution in [2.45, 2.75) is 23.0 Å². The van der Waals surface area contributed by atoms with Crippen LogP contribution in [0.5, 0.6) is 5.75 Å². The molecule has 2 nitrogen and oxygen atoms in total. The third-order valence-electron chi connectivity index (χ3n) is 2.50. The molecule has 0 amide bonds. The molecular weight excluding hydrogens is 194 g/mol. The standard InChI is InChI=1S/C11H15NOS/c1-12-5-4-10-7-8-6-9(13)2-3-11(8)14-10/h2-3,6,10,12-13H,4-5,7H2,1H3. The molecule has 0 radical (unpaired) electrons. The Labute approximate surface area is 88.7 Å². The first-order valence-electron chi connectivity index (χ1n) is 4.93. The smallest absolute Gasteiger partial charge is 0.115 e. The quantitative estimate of drug-likeness (QED) is 0.799. The minimum absolute atomic E-state index is 0.388. The third kappa shape index (κ3) is 2.04. The maximum Gasteiger partial charge on any atom is 0.115 e. The van der Waals surface area contributed by atoms with Crippen LogP contribution in [-0.2, 0) is 6.42 Å². The fourth-order valence-electron chi connectivity index (χ4n) is 1.77. The van der Waals surface area contributed by atoms with Gasteiger partial charge in [0.1, 0.15) is 5.75 Å². The van der Waals surface area contributed by atoms with Gasteiger partial charge in [-0.3, -0.25) is 0 Å². The van der Waals surface area contributed by atoms with Crippen LogP contribution in [-0.4, -0.2) is 23.9 Å². The summed E-state index contributed by atoms with van der Waals surface area (Å²) < 4.78 is 0. The lowest BCUT2D eigenvalue weighted by molar-refractivity contribution is 0.474. The average molecular weight is 209 g/mol. The highest BCUT2D eigenvalue weighted by atomic mass is 32.2. The van der Waals surface area contributed by atoms with E-state index in [4.69, 9.17) is 0 Å². The molecule has 2 N–H and O–H groups in total. The molecule has 0 aliphatic carbocycles. The molecule has 3 heteroatoms. The Morgan fingerprint density at radius 1 is 1.57 bits per heavy atom. The van der Waals surface area contributed by atoms with Crippen molar-refractivity contribution in [1.82, 2.24) is 5.32 Å². The number of phenols is 1. The summed E-state index contributed by atoms with van der Waals surface area (Å²) in [6.07, 6.45) is 2.28. The molecule has 1 heterocycles. The van der Waals surface area contributed by atoms with Gasteiger partial charge in [0.05, 0.1) is 0 Å². The number of hydrogen-bond donors (Lipinski definition) is 2. The van der Waals surface area contributed by atoms with Gasteiger partial charge in [-0.2, -0.15) is 0 Å². The van der Waals surface area contributed by atoms with E-state index >= 15 is 0 Å². The van der Waals surface area contributed by atoms with Crippen molar-refractivity contribution in [3.8, 4) is 5.75 Å². The van der Waals surface area contributed by atoms with Crippen LogP contribution in [0.1, 0.15) is 12.0 Å². The van der Waals surface area contributed by atoms with Crippen molar-refractivity contribution < 1.29 is 5.11 Å². The van der Waals surface area contributed by atoms with Crippen molar-refractivity contribution in [1.29, 1.82) is 0 Å². The Balaban J connectivity index is 2.03. The van der Waals surface area contributed by atoms with Gasteiger partial charge in [-0.1, -0.05) is 0 Å². The van der Waals surface area contributed by atoms with Crippen LogP contribution in [0, 0.1) is 0 Å². The maximum atomic E-state index is 9.34. The van der Waals surface area contributed by atoms with Crippen molar-refractivity contribution in [2.75, 3.05) is 13.6 Å². The number of rotatable bonds is 3. The fraction of sp³-hybridized carbons (Fsp3) is 0.455. The first-order valence-corrected chi connectivity index (χ1v) is 5.80. The molecule has 1 atom stereocenters. The third-order valence-corrected chi connectivity index (χ3v) is 3.89. The predicted molar refractivity (Wildman–Crippen MR) is 60.0 cm³/mol. The second kappa shape index (κ2) is 4.24. The molecule has 0 fully saturated rings. The summed E-state index contributed by atoms with van der Waals surface area (Å²) in [7, 11) is 1.98. The van der Waals surface area contributed by atoms with Crippen LogP contribution >= 0.6 is 11.8 Å². The van der Waals surface area contributed by atoms with E-state index in [1.165, 1.54) is 16.9 Å². The summed E-state index contributed by atoms with van der Waals surface area (Å²) in [4.78, 5) is 1.34. The van der Waals surface area contributed by atoms with Crippen molar-refractivity contribution in [2.24, 2.45) is 0 Å². The zero-order valence-corrected chi connectivity index (χ0v) is 9.10. The fourth-order valence-corrected chi connectivity index (χ4v) is 3.07. The zero-order valence-electron chi connectivity index (χ0n) is 8.29. The van der Waals surface area contributed by atoms with Gasteiger partial charge in [0.25, 0.3) is 0 Å². The lowest BCUT2D eigenvalue weighted by Crippen LogP contribution is -2.14. The van der Waals surface area contributed by atoms with E-state index < -0.39 is 0 Å². The Morgan fingerprint density at radius 2 is 2.43 bits per heavy atom. The van der Waals surface area contributed by atoms with Gasteiger partial charge >= 0.3 is 0 Å². The molecule has 2 rings (SSSR count). The van der Waals surface area contributed by atoms with E-state index in [1.807, 2.05) is 30.9 Å². The SMILES string of the molecule is CNCCC1Cc2cc(O)ccc2S1. The lowest BCUT2D eigenvalue weighted by Gasteiger charge is -2.06. The first kappa shape index (κ1) is 9.87. The molecule has 0 spiro atoms. The number of aromatic hydroxyl groups is 1. The van der Waals surface area contributed by atoms with Crippen LogP contribution in [0.4, 0.5) is 0 Å². The Bertz CT molecular complexity index is 327. The number of benzene rings is 1. The molecule has 1 unspecified atom stereocenters.